The number of benzene rings is 1. The first-order valence-electron chi connectivity index (χ1n) is 6.68. The molecule has 1 rings (SSSR count). The molecule has 1 aromatic carbocycles. The Balaban J connectivity index is 3.26. The number of rotatable bonds is 5. The zero-order valence-corrected chi connectivity index (χ0v) is 12.5. The fourth-order valence-electron chi connectivity index (χ4n) is 2.78. The SMILES string of the molecule is CCC(CC)(C(=O)c1cc(C)cc(C)c1)N(C)C. The van der Waals surface area contributed by atoms with Crippen molar-refractivity contribution < 1.29 is 4.79 Å². The molecule has 0 saturated heterocycles. The summed E-state index contributed by atoms with van der Waals surface area (Å²) in [5, 5.41) is 0. The lowest BCUT2D eigenvalue weighted by atomic mass is 9.82. The molecule has 0 unspecified atom stereocenters. The zero-order valence-electron chi connectivity index (χ0n) is 12.5. The molecule has 0 aromatic heterocycles. The smallest absolute Gasteiger partial charge is 0.183 e. The van der Waals surface area contributed by atoms with E-state index in [1.54, 1.807) is 0 Å². The first-order valence-corrected chi connectivity index (χ1v) is 6.68. The molecule has 100 valence electrons. The predicted molar refractivity (Wildman–Crippen MR) is 77.2 cm³/mol. The number of nitrogens with zero attached hydrogens (tertiary/aromatic N) is 1. The van der Waals surface area contributed by atoms with Gasteiger partial charge in [0.1, 0.15) is 0 Å². The Morgan fingerprint density at radius 1 is 1.06 bits per heavy atom. The molecule has 0 aliphatic rings. The number of hydrogen-bond donors (Lipinski definition) is 0. The minimum absolute atomic E-state index is 0.240. The lowest BCUT2D eigenvalue weighted by molar-refractivity contribution is 0.0656. The van der Waals surface area contributed by atoms with E-state index in [0.29, 0.717) is 0 Å². The van der Waals surface area contributed by atoms with Crippen LogP contribution >= 0.6 is 0 Å². The Morgan fingerprint density at radius 3 is 1.83 bits per heavy atom. The summed E-state index contributed by atoms with van der Waals surface area (Å²) < 4.78 is 0. The maximum atomic E-state index is 12.8. The Hall–Kier alpha value is -1.15. The standard InChI is InChI=1S/C16H25NO/c1-7-16(8-2,17(5)6)15(18)14-10-12(3)9-13(4)11-14/h9-11H,7-8H2,1-6H3. The third kappa shape index (κ3) is 2.64. The highest BCUT2D eigenvalue weighted by molar-refractivity contribution is 6.03. The number of aryl methyl sites for hydroxylation is 2. The van der Waals surface area contributed by atoms with Crippen LogP contribution in [0.25, 0.3) is 0 Å². The molecule has 18 heavy (non-hydrogen) atoms. The summed E-state index contributed by atoms with van der Waals surface area (Å²) >= 11 is 0. The molecular formula is C16H25NO. The normalized spacial score (nSPS) is 11.9. The Bertz CT molecular complexity index is 410. The van der Waals surface area contributed by atoms with Crippen molar-refractivity contribution >= 4 is 5.78 Å². The Labute approximate surface area is 111 Å². The van der Waals surface area contributed by atoms with E-state index >= 15 is 0 Å². The van der Waals surface area contributed by atoms with Gasteiger partial charge in [0, 0.05) is 5.56 Å². The number of carbonyl (C=O) groups is 1. The molecule has 0 fully saturated rings. The van der Waals surface area contributed by atoms with Crippen LogP contribution in [0, 0.1) is 13.8 Å². The van der Waals surface area contributed by atoms with Gasteiger partial charge in [-0.1, -0.05) is 31.0 Å². The van der Waals surface area contributed by atoms with Crippen molar-refractivity contribution in [3.63, 3.8) is 0 Å². The van der Waals surface area contributed by atoms with Crippen LogP contribution in [0.1, 0.15) is 48.2 Å². The van der Waals surface area contributed by atoms with Crippen molar-refractivity contribution in [2.75, 3.05) is 14.1 Å². The van der Waals surface area contributed by atoms with Crippen LogP contribution in [0.4, 0.5) is 0 Å². The molecule has 2 heteroatoms. The summed E-state index contributed by atoms with van der Waals surface area (Å²) in [4.78, 5) is 14.9. The van der Waals surface area contributed by atoms with E-state index < -0.39 is 0 Å². The van der Waals surface area contributed by atoms with Crippen molar-refractivity contribution in [2.24, 2.45) is 0 Å². The summed E-state index contributed by atoms with van der Waals surface area (Å²) in [6.07, 6.45) is 1.67. The fourth-order valence-corrected chi connectivity index (χ4v) is 2.78. The van der Waals surface area contributed by atoms with Gasteiger partial charge in [0.2, 0.25) is 0 Å². The van der Waals surface area contributed by atoms with E-state index in [1.165, 1.54) is 0 Å². The highest BCUT2D eigenvalue weighted by atomic mass is 16.1. The predicted octanol–water partition coefficient (Wildman–Crippen LogP) is 3.61. The first-order chi connectivity index (χ1) is 8.37. The van der Waals surface area contributed by atoms with Gasteiger partial charge in [0.25, 0.3) is 0 Å². The van der Waals surface area contributed by atoms with Crippen molar-refractivity contribution in [3.8, 4) is 0 Å². The maximum absolute atomic E-state index is 12.8. The van der Waals surface area contributed by atoms with Crippen LogP contribution in [-0.4, -0.2) is 30.3 Å². The van der Waals surface area contributed by atoms with Gasteiger partial charge >= 0.3 is 0 Å². The lowest BCUT2D eigenvalue weighted by Crippen LogP contribution is -2.50. The number of Topliss-reactive ketones (excluding diaryl/α,β-unsaturated/α-hetero) is 1. The molecule has 0 radical (unpaired) electrons. The van der Waals surface area contributed by atoms with E-state index in [0.717, 1.165) is 29.5 Å². The highest BCUT2D eigenvalue weighted by Crippen LogP contribution is 2.27. The average molecular weight is 247 g/mol. The van der Waals surface area contributed by atoms with E-state index in [-0.39, 0.29) is 11.3 Å². The molecule has 0 amide bonds. The molecular weight excluding hydrogens is 222 g/mol. The number of likely N-dealkylation sites (N-methyl/N-ethyl adjacent to an activating group) is 1. The quantitative estimate of drug-likeness (QED) is 0.741. The van der Waals surface area contributed by atoms with Crippen molar-refractivity contribution in [1.82, 2.24) is 4.90 Å². The number of carbonyl (C=O) groups excluding carboxylic acids is 1. The Kier molecular flexibility index (Phi) is 4.69. The van der Waals surface area contributed by atoms with Crippen LogP contribution in [0.15, 0.2) is 18.2 Å². The van der Waals surface area contributed by atoms with Gasteiger partial charge in [-0.3, -0.25) is 9.69 Å². The summed E-state index contributed by atoms with van der Waals surface area (Å²) in [5.74, 6) is 0.240. The molecule has 2 nitrogen and oxygen atoms in total. The summed E-state index contributed by atoms with van der Waals surface area (Å²) in [6.45, 7) is 8.26. The van der Waals surface area contributed by atoms with Gasteiger partial charge in [0.15, 0.2) is 5.78 Å². The van der Waals surface area contributed by atoms with Crippen molar-refractivity contribution in [1.29, 1.82) is 0 Å². The molecule has 0 bridgehead atoms. The molecule has 0 spiro atoms. The minimum Gasteiger partial charge on any atom is -0.297 e. The average Bonchev–Trinajstić information content (AvgIpc) is 2.29. The summed E-state index contributed by atoms with van der Waals surface area (Å²) in [7, 11) is 3.99. The molecule has 1 aromatic rings. The lowest BCUT2D eigenvalue weighted by Gasteiger charge is -2.37. The minimum atomic E-state index is -0.375. The topological polar surface area (TPSA) is 20.3 Å². The van der Waals surface area contributed by atoms with Gasteiger partial charge in [-0.25, -0.2) is 0 Å². The molecule has 0 aliphatic carbocycles. The van der Waals surface area contributed by atoms with Crippen LogP contribution in [-0.2, 0) is 0 Å². The van der Waals surface area contributed by atoms with Gasteiger partial charge in [-0.05, 0) is 52.9 Å². The first kappa shape index (κ1) is 14.9. The second-order valence-electron chi connectivity index (χ2n) is 5.34. The molecule has 0 N–H and O–H groups in total. The third-order valence-electron chi connectivity index (χ3n) is 3.93. The van der Waals surface area contributed by atoms with E-state index in [2.05, 4.69) is 24.8 Å². The highest BCUT2D eigenvalue weighted by Gasteiger charge is 2.37. The summed E-state index contributed by atoms with van der Waals surface area (Å²) in [6, 6.07) is 6.10. The van der Waals surface area contributed by atoms with E-state index in [9.17, 15) is 4.79 Å². The largest absolute Gasteiger partial charge is 0.297 e. The van der Waals surface area contributed by atoms with E-state index in [4.69, 9.17) is 0 Å². The van der Waals surface area contributed by atoms with Gasteiger partial charge in [0.05, 0.1) is 5.54 Å². The van der Waals surface area contributed by atoms with Crippen LogP contribution in [0.2, 0.25) is 0 Å². The van der Waals surface area contributed by atoms with Crippen LogP contribution in [0.3, 0.4) is 0 Å². The zero-order chi connectivity index (χ0) is 13.9. The van der Waals surface area contributed by atoms with Crippen LogP contribution < -0.4 is 0 Å². The second kappa shape index (κ2) is 5.66. The molecule has 0 saturated carbocycles. The maximum Gasteiger partial charge on any atom is 0.183 e. The monoisotopic (exact) mass is 247 g/mol. The van der Waals surface area contributed by atoms with Gasteiger partial charge in [-0.2, -0.15) is 0 Å². The fraction of sp³-hybridized carbons (Fsp3) is 0.562. The molecule has 0 atom stereocenters. The molecule has 0 aliphatic heterocycles. The van der Waals surface area contributed by atoms with Gasteiger partial charge in [-0.15, -0.1) is 0 Å². The van der Waals surface area contributed by atoms with Gasteiger partial charge < -0.3 is 0 Å². The third-order valence-corrected chi connectivity index (χ3v) is 3.93. The van der Waals surface area contributed by atoms with Crippen molar-refractivity contribution in [3.05, 3.63) is 34.9 Å². The van der Waals surface area contributed by atoms with Crippen LogP contribution in [0.5, 0.6) is 0 Å². The number of hydrogen-bond acceptors (Lipinski definition) is 2. The molecule has 0 heterocycles. The van der Waals surface area contributed by atoms with E-state index in [1.807, 2.05) is 40.1 Å². The second-order valence-corrected chi connectivity index (χ2v) is 5.34. The summed E-state index contributed by atoms with van der Waals surface area (Å²) in [5.41, 5.74) is 2.77. The Morgan fingerprint density at radius 2 is 1.50 bits per heavy atom. The van der Waals surface area contributed by atoms with Crippen molar-refractivity contribution in [2.45, 2.75) is 46.1 Å². The number of ketones is 1.